The van der Waals surface area contributed by atoms with E-state index in [0.29, 0.717) is 0 Å². The molecule has 0 unspecified atom stereocenters. The molecular formula is C18H21N3O. The maximum Gasteiger partial charge on any atom is 0.218 e. The number of para-hydroxylation sites is 1. The van der Waals surface area contributed by atoms with E-state index < -0.39 is 0 Å². The SMILES string of the molecule is CCc1ccc(/C(=N\C)NC)c(N(C=O)c2ccccc2)c1. The maximum atomic E-state index is 11.7. The summed E-state index contributed by atoms with van der Waals surface area (Å²) in [4.78, 5) is 17.6. The molecule has 0 aliphatic carbocycles. The van der Waals surface area contributed by atoms with Gasteiger partial charge in [-0.3, -0.25) is 14.7 Å². The standard InChI is InChI=1S/C18H21N3O/c1-4-14-10-11-16(18(19-2)20-3)17(12-14)21(13-22)15-8-6-5-7-9-15/h5-13H,4H2,1-3H3,(H,19,20). The Bertz CT molecular complexity index is 665. The molecule has 0 atom stereocenters. The number of nitrogens with zero attached hydrogens (tertiary/aromatic N) is 2. The van der Waals surface area contributed by atoms with E-state index >= 15 is 0 Å². The molecule has 0 spiro atoms. The van der Waals surface area contributed by atoms with Gasteiger partial charge in [0.15, 0.2) is 0 Å². The average molecular weight is 295 g/mol. The van der Waals surface area contributed by atoms with Crippen molar-refractivity contribution < 1.29 is 4.79 Å². The molecule has 0 aliphatic heterocycles. The third-order valence-corrected chi connectivity index (χ3v) is 3.59. The van der Waals surface area contributed by atoms with Crippen molar-refractivity contribution in [1.29, 1.82) is 0 Å². The van der Waals surface area contributed by atoms with Crippen molar-refractivity contribution >= 4 is 23.6 Å². The highest BCUT2D eigenvalue weighted by molar-refractivity contribution is 6.06. The molecule has 1 N–H and O–H groups in total. The highest BCUT2D eigenvalue weighted by Crippen LogP contribution is 2.28. The summed E-state index contributed by atoms with van der Waals surface area (Å²) >= 11 is 0. The van der Waals surface area contributed by atoms with Gasteiger partial charge in [-0.15, -0.1) is 0 Å². The molecule has 0 saturated heterocycles. The Kier molecular flexibility index (Phi) is 5.31. The molecule has 2 aromatic rings. The van der Waals surface area contributed by atoms with Crippen LogP contribution in [0.2, 0.25) is 0 Å². The molecule has 0 fully saturated rings. The Labute approximate surface area is 131 Å². The largest absolute Gasteiger partial charge is 0.373 e. The second kappa shape index (κ2) is 7.41. The van der Waals surface area contributed by atoms with Gasteiger partial charge in [-0.05, 0) is 36.2 Å². The number of amides is 1. The molecule has 22 heavy (non-hydrogen) atoms. The van der Waals surface area contributed by atoms with E-state index in [0.717, 1.165) is 35.6 Å². The minimum absolute atomic E-state index is 0.750. The second-order valence-electron chi connectivity index (χ2n) is 4.84. The zero-order chi connectivity index (χ0) is 15.9. The number of aliphatic imine (C=N–C) groups is 1. The average Bonchev–Trinajstić information content (AvgIpc) is 2.58. The Morgan fingerprint density at radius 2 is 1.95 bits per heavy atom. The van der Waals surface area contributed by atoms with Crippen LogP contribution in [-0.2, 0) is 11.2 Å². The van der Waals surface area contributed by atoms with Crippen LogP contribution in [-0.4, -0.2) is 26.3 Å². The summed E-state index contributed by atoms with van der Waals surface area (Å²) in [6, 6.07) is 15.7. The highest BCUT2D eigenvalue weighted by atomic mass is 16.1. The fraction of sp³-hybridized carbons (Fsp3) is 0.222. The molecule has 0 aromatic heterocycles. The van der Waals surface area contributed by atoms with E-state index in [1.807, 2.05) is 49.5 Å². The summed E-state index contributed by atoms with van der Waals surface area (Å²) in [5, 5.41) is 3.08. The summed E-state index contributed by atoms with van der Waals surface area (Å²) in [6.07, 6.45) is 1.75. The predicted octanol–water partition coefficient (Wildman–Crippen LogP) is 3.14. The lowest BCUT2D eigenvalue weighted by molar-refractivity contribution is -0.106. The van der Waals surface area contributed by atoms with Crippen molar-refractivity contribution in [2.75, 3.05) is 19.0 Å². The lowest BCUT2D eigenvalue weighted by atomic mass is 10.0. The first kappa shape index (κ1) is 15.8. The fourth-order valence-corrected chi connectivity index (χ4v) is 2.41. The van der Waals surface area contributed by atoms with Crippen LogP contribution < -0.4 is 10.2 Å². The van der Waals surface area contributed by atoms with Gasteiger partial charge in [-0.1, -0.05) is 31.2 Å². The number of carbonyl (C=O) groups excluding carboxylic acids is 1. The van der Waals surface area contributed by atoms with Crippen LogP contribution >= 0.6 is 0 Å². The monoisotopic (exact) mass is 295 g/mol. The molecule has 4 nitrogen and oxygen atoms in total. The lowest BCUT2D eigenvalue weighted by Gasteiger charge is -2.22. The minimum atomic E-state index is 0.750. The molecule has 0 heterocycles. The van der Waals surface area contributed by atoms with Crippen LogP contribution in [0.3, 0.4) is 0 Å². The zero-order valence-electron chi connectivity index (χ0n) is 13.2. The van der Waals surface area contributed by atoms with Crippen molar-refractivity contribution in [1.82, 2.24) is 5.32 Å². The number of carbonyl (C=O) groups is 1. The van der Waals surface area contributed by atoms with Crippen LogP contribution in [0, 0.1) is 0 Å². The van der Waals surface area contributed by atoms with E-state index in [1.165, 1.54) is 5.56 Å². The van der Waals surface area contributed by atoms with Gasteiger partial charge in [0, 0.05) is 25.3 Å². The van der Waals surface area contributed by atoms with E-state index in [1.54, 1.807) is 11.9 Å². The number of rotatable bonds is 5. The summed E-state index contributed by atoms with van der Waals surface area (Å²) in [6.45, 7) is 2.10. The van der Waals surface area contributed by atoms with Crippen molar-refractivity contribution in [2.24, 2.45) is 4.99 Å². The lowest BCUT2D eigenvalue weighted by Crippen LogP contribution is -2.24. The molecular weight excluding hydrogens is 274 g/mol. The number of benzene rings is 2. The number of nitrogens with one attached hydrogen (secondary N) is 1. The van der Waals surface area contributed by atoms with Crippen LogP contribution in [0.15, 0.2) is 53.5 Å². The Morgan fingerprint density at radius 1 is 1.23 bits per heavy atom. The molecule has 114 valence electrons. The summed E-state index contributed by atoms with van der Waals surface area (Å²) in [5.74, 6) is 0.750. The van der Waals surface area contributed by atoms with E-state index in [9.17, 15) is 4.79 Å². The predicted molar refractivity (Wildman–Crippen MR) is 92.0 cm³/mol. The summed E-state index contributed by atoms with van der Waals surface area (Å²) in [5.41, 5.74) is 3.74. The number of hydrogen-bond donors (Lipinski definition) is 1. The highest BCUT2D eigenvalue weighted by Gasteiger charge is 2.16. The topological polar surface area (TPSA) is 44.7 Å². The normalized spacial score (nSPS) is 11.1. The fourth-order valence-electron chi connectivity index (χ4n) is 2.41. The molecule has 0 bridgehead atoms. The van der Waals surface area contributed by atoms with Crippen molar-refractivity contribution in [2.45, 2.75) is 13.3 Å². The Morgan fingerprint density at radius 3 is 2.50 bits per heavy atom. The maximum absolute atomic E-state index is 11.7. The van der Waals surface area contributed by atoms with Crippen molar-refractivity contribution in [3.63, 3.8) is 0 Å². The molecule has 4 heteroatoms. The van der Waals surface area contributed by atoms with Crippen LogP contribution in [0.5, 0.6) is 0 Å². The van der Waals surface area contributed by atoms with Gasteiger partial charge in [-0.25, -0.2) is 0 Å². The minimum Gasteiger partial charge on any atom is -0.373 e. The van der Waals surface area contributed by atoms with Gasteiger partial charge < -0.3 is 5.32 Å². The van der Waals surface area contributed by atoms with Gasteiger partial charge >= 0.3 is 0 Å². The van der Waals surface area contributed by atoms with Crippen LogP contribution in [0.4, 0.5) is 11.4 Å². The first-order chi connectivity index (χ1) is 10.7. The third-order valence-electron chi connectivity index (χ3n) is 3.59. The molecule has 0 aliphatic rings. The van der Waals surface area contributed by atoms with Gasteiger partial charge in [0.1, 0.15) is 5.84 Å². The number of hydrogen-bond acceptors (Lipinski definition) is 2. The molecule has 0 saturated carbocycles. The molecule has 0 radical (unpaired) electrons. The van der Waals surface area contributed by atoms with Gasteiger partial charge in [0.2, 0.25) is 6.41 Å². The van der Waals surface area contributed by atoms with E-state index in [4.69, 9.17) is 0 Å². The van der Waals surface area contributed by atoms with Gasteiger partial charge in [0.25, 0.3) is 0 Å². The number of amidine groups is 1. The number of aryl methyl sites for hydroxylation is 1. The smallest absolute Gasteiger partial charge is 0.218 e. The summed E-state index contributed by atoms with van der Waals surface area (Å²) in [7, 11) is 3.56. The van der Waals surface area contributed by atoms with E-state index in [2.05, 4.69) is 23.3 Å². The quantitative estimate of drug-likeness (QED) is 0.523. The first-order valence-corrected chi connectivity index (χ1v) is 7.32. The summed E-state index contributed by atoms with van der Waals surface area (Å²) < 4.78 is 0. The first-order valence-electron chi connectivity index (χ1n) is 7.32. The molecule has 2 aromatic carbocycles. The van der Waals surface area contributed by atoms with Gasteiger partial charge in [-0.2, -0.15) is 0 Å². The second-order valence-corrected chi connectivity index (χ2v) is 4.84. The van der Waals surface area contributed by atoms with Gasteiger partial charge in [0.05, 0.1) is 5.69 Å². The number of anilines is 2. The third kappa shape index (κ3) is 3.17. The van der Waals surface area contributed by atoms with Crippen LogP contribution in [0.25, 0.3) is 0 Å². The van der Waals surface area contributed by atoms with Crippen molar-refractivity contribution in [3.05, 3.63) is 59.7 Å². The molecule has 1 amide bonds. The van der Waals surface area contributed by atoms with E-state index in [-0.39, 0.29) is 0 Å². The van der Waals surface area contributed by atoms with Crippen molar-refractivity contribution in [3.8, 4) is 0 Å². The van der Waals surface area contributed by atoms with Crippen LogP contribution in [0.1, 0.15) is 18.1 Å². The zero-order valence-corrected chi connectivity index (χ0v) is 13.2. The Hall–Kier alpha value is -2.62. The Balaban J connectivity index is 2.62. The molecule has 2 rings (SSSR count).